The van der Waals surface area contributed by atoms with Gasteiger partial charge in [-0.1, -0.05) is 24.3 Å². The number of hydrogen-bond donors (Lipinski definition) is 1. The number of nitrogens with one attached hydrogen (secondary N) is 1. The summed E-state index contributed by atoms with van der Waals surface area (Å²) >= 11 is 1.86. The molecule has 3 heterocycles. The van der Waals surface area contributed by atoms with Crippen molar-refractivity contribution in [2.24, 2.45) is 0 Å². The summed E-state index contributed by atoms with van der Waals surface area (Å²) in [6.45, 7) is 4.55. The lowest BCUT2D eigenvalue weighted by molar-refractivity contribution is 0.194. The summed E-state index contributed by atoms with van der Waals surface area (Å²) in [5.41, 5.74) is 7.52. The first kappa shape index (κ1) is 22.1. The van der Waals surface area contributed by atoms with E-state index in [-0.39, 0.29) is 17.9 Å². The summed E-state index contributed by atoms with van der Waals surface area (Å²) in [7, 11) is 0. The molecule has 2 amide bonds. The number of aryl methyl sites for hydroxylation is 3. The van der Waals surface area contributed by atoms with Gasteiger partial charge in [-0.3, -0.25) is 0 Å². The standard InChI is InChI=1S/C29H28FN3OS/c1-18-9-10-19(2)24(16-18)31-29(34)33-17-23-22-6-3-4-8-26(22)35-28(23)32-15-5-7-25(32)27(33)20-11-13-21(30)14-12-20/h5,7,9-16,27H,3-4,6,8,17H2,1-2H3,(H,31,34)/t27-/m0/s1. The lowest BCUT2D eigenvalue weighted by Gasteiger charge is -2.31. The molecule has 35 heavy (non-hydrogen) atoms. The Hall–Kier alpha value is -3.38. The van der Waals surface area contributed by atoms with E-state index in [1.165, 1.54) is 46.0 Å². The largest absolute Gasteiger partial charge is 0.322 e. The molecule has 4 nitrogen and oxygen atoms in total. The predicted molar refractivity (Wildman–Crippen MR) is 139 cm³/mol. The molecule has 6 rings (SSSR count). The average Bonchev–Trinajstić information content (AvgIpc) is 3.44. The summed E-state index contributed by atoms with van der Waals surface area (Å²) < 4.78 is 16.1. The van der Waals surface area contributed by atoms with Crippen LogP contribution in [0.15, 0.2) is 60.8 Å². The predicted octanol–water partition coefficient (Wildman–Crippen LogP) is 7.31. The number of aromatic nitrogens is 1. The van der Waals surface area contributed by atoms with Gasteiger partial charge in [0.15, 0.2) is 0 Å². The van der Waals surface area contributed by atoms with Crippen molar-refractivity contribution in [2.75, 3.05) is 5.32 Å². The molecule has 2 aromatic heterocycles. The number of rotatable bonds is 2. The number of anilines is 1. The third kappa shape index (κ3) is 3.86. The molecule has 0 spiro atoms. The fourth-order valence-electron chi connectivity index (χ4n) is 5.44. The van der Waals surface area contributed by atoms with Crippen molar-refractivity contribution in [3.63, 3.8) is 0 Å². The lowest BCUT2D eigenvalue weighted by atomic mass is 9.95. The maximum Gasteiger partial charge on any atom is 0.322 e. The zero-order chi connectivity index (χ0) is 24.1. The van der Waals surface area contributed by atoms with Gasteiger partial charge in [-0.05, 0) is 92.1 Å². The number of carbonyl (C=O) groups excluding carboxylic acids is 1. The number of urea groups is 1. The van der Waals surface area contributed by atoms with Crippen LogP contribution in [0.4, 0.5) is 14.9 Å². The van der Waals surface area contributed by atoms with E-state index in [4.69, 9.17) is 0 Å². The molecule has 6 heteroatoms. The first-order valence-electron chi connectivity index (χ1n) is 12.2. The van der Waals surface area contributed by atoms with Gasteiger partial charge in [-0.15, -0.1) is 11.3 Å². The highest BCUT2D eigenvalue weighted by Crippen LogP contribution is 2.44. The molecule has 2 aromatic carbocycles. The molecule has 0 saturated heterocycles. The Morgan fingerprint density at radius 3 is 2.66 bits per heavy atom. The van der Waals surface area contributed by atoms with Crippen LogP contribution in [0.3, 0.4) is 0 Å². The third-order valence-corrected chi connectivity index (χ3v) is 8.59. The molecule has 1 atom stereocenters. The van der Waals surface area contributed by atoms with Gasteiger partial charge in [-0.2, -0.15) is 0 Å². The number of thiophene rings is 1. The van der Waals surface area contributed by atoms with Crippen LogP contribution in [0.2, 0.25) is 0 Å². The second kappa shape index (κ2) is 8.68. The molecule has 4 aromatic rings. The molecule has 1 N–H and O–H groups in total. The van der Waals surface area contributed by atoms with Gasteiger partial charge >= 0.3 is 6.03 Å². The molecular formula is C29H28FN3OS. The van der Waals surface area contributed by atoms with Crippen molar-refractivity contribution in [1.82, 2.24) is 9.47 Å². The first-order chi connectivity index (χ1) is 17.0. The smallest absolute Gasteiger partial charge is 0.310 e. The van der Waals surface area contributed by atoms with E-state index in [2.05, 4.69) is 28.2 Å². The number of halogens is 1. The number of benzene rings is 2. The zero-order valence-corrected chi connectivity index (χ0v) is 20.8. The molecule has 178 valence electrons. The summed E-state index contributed by atoms with van der Waals surface area (Å²) in [6.07, 6.45) is 6.68. The van der Waals surface area contributed by atoms with Gasteiger partial charge in [0.2, 0.25) is 0 Å². The van der Waals surface area contributed by atoms with Crippen LogP contribution in [0.1, 0.15) is 57.3 Å². The van der Waals surface area contributed by atoms with E-state index >= 15 is 0 Å². The van der Waals surface area contributed by atoms with Gasteiger partial charge in [0.05, 0.1) is 18.3 Å². The highest BCUT2D eigenvalue weighted by molar-refractivity contribution is 7.15. The van der Waals surface area contributed by atoms with Crippen molar-refractivity contribution in [1.29, 1.82) is 0 Å². The van der Waals surface area contributed by atoms with Gasteiger partial charge in [0.1, 0.15) is 10.8 Å². The molecule has 2 aliphatic rings. The number of fused-ring (bicyclic) bond motifs is 5. The Balaban J connectivity index is 1.50. The first-order valence-corrected chi connectivity index (χ1v) is 13.0. The van der Waals surface area contributed by atoms with E-state index in [9.17, 15) is 9.18 Å². The second-order valence-corrected chi connectivity index (χ2v) is 10.7. The van der Waals surface area contributed by atoms with E-state index in [0.717, 1.165) is 40.9 Å². The molecule has 1 aliphatic heterocycles. The zero-order valence-electron chi connectivity index (χ0n) is 20.0. The summed E-state index contributed by atoms with van der Waals surface area (Å²) in [6, 6.07) is 16.3. The molecule has 0 unspecified atom stereocenters. The summed E-state index contributed by atoms with van der Waals surface area (Å²) in [4.78, 5) is 17.4. The minimum atomic E-state index is -0.338. The average molecular weight is 486 g/mol. The Bertz CT molecular complexity index is 1420. The van der Waals surface area contributed by atoms with E-state index in [1.54, 1.807) is 12.1 Å². The van der Waals surface area contributed by atoms with Gasteiger partial charge in [0, 0.05) is 22.3 Å². The third-order valence-electron chi connectivity index (χ3n) is 7.26. The van der Waals surface area contributed by atoms with Crippen molar-refractivity contribution in [3.8, 4) is 5.00 Å². The number of hydrogen-bond acceptors (Lipinski definition) is 2. The van der Waals surface area contributed by atoms with Crippen LogP contribution in [0.5, 0.6) is 0 Å². The quantitative estimate of drug-likeness (QED) is 0.318. The molecule has 1 aliphatic carbocycles. The fraction of sp³-hybridized carbons (Fsp3) is 0.276. The van der Waals surface area contributed by atoms with E-state index in [0.29, 0.717) is 6.54 Å². The molecule has 0 bridgehead atoms. The molecule has 0 fully saturated rings. The Kier molecular flexibility index (Phi) is 5.49. The van der Waals surface area contributed by atoms with Crippen molar-refractivity contribution in [3.05, 3.63) is 105 Å². The van der Waals surface area contributed by atoms with Crippen LogP contribution in [0.25, 0.3) is 5.00 Å². The summed E-state index contributed by atoms with van der Waals surface area (Å²) in [5.74, 6) is -0.280. The van der Waals surface area contributed by atoms with Gasteiger partial charge in [0.25, 0.3) is 0 Å². The monoisotopic (exact) mass is 485 g/mol. The fourth-order valence-corrected chi connectivity index (χ4v) is 6.84. The van der Waals surface area contributed by atoms with E-state index in [1.807, 2.05) is 48.3 Å². The maximum atomic E-state index is 14.0. The van der Waals surface area contributed by atoms with Crippen LogP contribution in [-0.2, 0) is 19.4 Å². The van der Waals surface area contributed by atoms with Gasteiger partial charge < -0.3 is 14.8 Å². The maximum absolute atomic E-state index is 14.0. The van der Waals surface area contributed by atoms with Gasteiger partial charge in [-0.25, -0.2) is 9.18 Å². The minimum Gasteiger partial charge on any atom is -0.310 e. The normalized spacial score (nSPS) is 16.8. The Labute approximate surface area is 209 Å². The molecular weight excluding hydrogens is 457 g/mol. The van der Waals surface area contributed by atoms with Crippen molar-refractivity contribution >= 4 is 23.1 Å². The van der Waals surface area contributed by atoms with Crippen LogP contribution >= 0.6 is 11.3 Å². The Morgan fingerprint density at radius 2 is 1.83 bits per heavy atom. The van der Waals surface area contributed by atoms with Crippen molar-refractivity contribution in [2.45, 2.75) is 52.1 Å². The van der Waals surface area contributed by atoms with Crippen LogP contribution < -0.4 is 5.32 Å². The molecule has 0 radical (unpaired) electrons. The van der Waals surface area contributed by atoms with Crippen LogP contribution in [0, 0.1) is 19.7 Å². The number of nitrogens with zero attached hydrogens (tertiary/aromatic N) is 2. The SMILES string of the molecule is Cc1ccc(C)c(NC(=O)N2Cc3c(sc4c3CCCC4)-n3cccc3[C@@H]2c2ccc(F)cc2)c1. The summed E-state index contributed by atoms with van der Waals surface area (Å²) in [5, 5.41) is 4.41. The second-order valence-electron chi connectivity index (χ2n) is 9.63. The number of amides is 2. The minimum absolute atomic E-state index is 0.149. The van der Waals surface area contributed by atoms with E-state index < -0.39 is 0 Å². The Morgan fingerprint density at radius 1 is 1.03 bits per heavy atom. The number of carbonyl (C=O) groups is 1. The molecule has 0 saturated carbocycles. The highest BCUT2D eigenvalue weighted by Gasteiger charge is 2.36. The van der Waals surface area contributed by atoms with Crippen molar-refractivity contribution < 1.29 is 9.18 Å². The lowest BCUT2D eigenvalue weighted by Crippen LogP contribution is -2.38. The van der Waals surface area contributed by atoms with Crippen LogP contribution in [-0.4, -0.2) is 15.5 Å². The topological polar surface area (TPSA) is 37.3 Å². The highest BCUT2D eigenvalue weighted by atomic mass is 32.1.